The summed E-state index contributed by atoms with van der Waals surface area (Å²) in [4.78, 5) is 0. The third-order valence-corrected chi connectivity index (χ3v) is 3.77. The van der Waals surface area contributed by atoms with Crippen molar-refractivity contribution in [2.45, 2.75) is 26.9 Å². The Morgan fingerprint density at radius 3 is 2.58 bits per heavy atom. The molecule has 0 bridgehead atoms. The largest absolute Gasteiger partial charge is 0.346 e. The molecule has 1 N–H and O–H groups in total. The van der Waals surface area contributed by atoms with Gasteiger partial charge in [0.25, 0.3) is 0 Å². The molecule has 0 aliphatic rings. The molecule has 0 fully saturated rings. The first-order chi connectivity index (χ1) is 9.15. The summed E-state index contributed by atoms with van der Waals surface area (Å²) >= 11 is 2.34. The van der Waals surface area contributed by atoms with Crippen LogP contribution in [0.3, 0.4) is 0 Å². The van der Waals surface area contributed by atoms with Gasteiger partial charge in [-0.3, -0.25) is 0 Å². The maximum atomic E-state index is 3.50. The predicted molar refractivity (Wildman–Crippen MR) is 89.2 cm³/mol. The summed E-state index contributed by atoms with van der Waals surface area (Å²) in [5, 5.41) is 3.50. The van der Waals surface area contributed by atoms with Gasteiger partial charge in [-0.15, -0.1) is 0 Å². The molecule has 0 radical (unpaired) electrons. The lowest BCUT2D eigenvalue weighted by Gasteiger charge is -2.11. The molecule has 0 aliphatic heterocycles. The molecule has 0 aliphatic carbocycles. The number of hydrogen-bond acceptors (Lipinski definition) is 1. The van der Waals surface area contributed by atoms with Crippen molar-refractivity contribution in [3.63, 3.8) is 0 Å². The van der Waals surface area contributed by atoms with E-state index in [1.165, 1.54) is 14.8 Å². The lowest BCUT2D eigenvalue weighted by molar-refractivity contribution is 0.539. The molecule has 3 heteroatoms. The first-order valence-electron chi connectivity index (χ1n) is 6.74. The zero-order valence-electron chi connectivity index (χ0n) is 11.6. The normalized spacial score (nSPS) is 11.2. The van der Waals surface area contributed by atoms with Crippen LogP contribution in [-0.2, 0) is 13.1 Å². The summed E-state index contributed by atoms with van der Waals surface area (Å²) in [6.07, 6.45) is 2.16. The van der Waals surface area contributed by atoms with Crippen LogP contribution in [0.15, 0.2) is 42.6 Å². The second-order valence-electron chi connectivity index (χ2n) is 5.28. The summed E-state index contributed by atoms with van der Waals surface area (Å²) in [7, 11) is 0. The molecule has 1 aromatic heterocycles. The molecule has 1 heterocycles. The topological polar surface area (TPSA) is 17.0 Å². The van der Waals surface area contributed by atoms with Gasteiger partial charge in [0.1, 0.15) is 0 Å². The first kappa shape index (κ1) is 14.6. The van der Waals surface area contributed by atoms with Crippen LogP contribution >= 0.6 is 22.6 Å². The van der Waals surface area contributed by atoms with E-state index in [9.17, 15) is 0 Å². The van der Waals surface area contributed by atoms with Crippen LogP contribution in [0.2, 0.25) is 0 Å². The van der Waals surface area contributed by atoms with Gasteiger partial charge in [0, 0.05) is 28.6 Å². The molecule has 19 heavy (non-hydrogen) atoms. The highest BCUT2D eigenvalue weighted by atomic mass is 127. The maximum absolute atomic E-state index is 3.50. The molecule has 0 unspecified atom stereocenters. The standard InChI is InChI=1S/C16H21IN2/c1-13(2)10-18-11-16-4-3-9-19(16)12-14-5-7-15(17)8-6-14/h3-9,13,18H,10-12H2,1-2H3. The quantitative estimate of drug-likeness (QED) is 0.766. The summed E-state index contributed by atoms with van der Waals surface area (Å²) in [5.74, 6) is 0.694. The van der Waals surface area contributed by atoms with Crippen molar-refractivity contribution in [2.75, 3.05) is 6.54 Å². The molecule has 0 saturated carbocycles. The number of rotatable bonds is 6. The Hall–Kier alpha value is -0.810. The molecule has 2 rings (SSSR count). The number of aromatic nitrogens is 1. The van der Waals surface area contributed by atoms with Crippen LogP contribution in [0.4, 0.5) is 0 Å². The minimum atomic E-state index is 0.694. The van der Waals surface area contributed by atoms with Crippen molar-refractivity contribution < 1.29 is 0 Å². The zero-order valence-corrected chi connectivity index (χ0v) is 13.7. The van der Waals surface area contributed by atoms with Crippen LogP contribution in [0.5, 0.6) is 0 Å². The van der Waals surface area contributed by atoms with E-state index in [0.29, 0.717) is 5.92 Å². The fourth-order valence-corrected chi connectivity index (χ4v) is 2.40. The average molecular weight is 368 g/mol. The first-order valence-corrected chi connectivity index (χ1v) is 7.82. The van der Waals surface area contributed by atoms with Gasteiger partial charge in [0.2, 0.25) is 0 Å². The minimum absolute atomic E-state index is 0.694. The Bertz CT molecular complexity index is 500. The smallest absolute Gasteiger partial charge is 0.0473 e. The fourth-order valence-electron chi connectivity index (χ4n) is 2.04. The van der Waals surface area contributed by atoms with E-state index >= 15 is 0 Å². The number of nitrogens with zero attached hydrogens (tertiary/aromatic N) is 1. The van der Waals surface area contributed by atoms with Crippen molar-refractivity contribution in [2.24, 2.45) is 5.92 Å². The van der Waals surface area contributed by atoms with Crippen LogP contribution in [0.25, 0.3) is 0 Å². The molecule has 0 atom stereocenters. The lowest BCUT2D eigenvalue weighted by atomic mass is 10.2. The van der Waals surface area contributed by atoms with E-state index in [1.54, 1.807) is 0 Å². The van der Waals surface area contributed by atoms with E-state index in [1.807, 2.05) is 0 Å². The summed E-state index contributed by atoms with van der Waals surface area (Å²) in [5.41, 5.74) is 2.70. The fraction of sp³-hybridized carbons (Fsp3) is 0.375. The van der Waals surface area contributed by atoms with Crippen molar-refractivity contribution in [1.82, 2.24) is 9.88 Å². The van der Waals surface area contributed by atoms with Crippen molar-refractivity contribution in [3.05, 3.63) is 57.4 Å². The monoisotopic (exact) mass is 368 g/mol. The molecular weight excluding hydrogens is 347 g/mol. The molecule has 0 amide bonds. The maximum Gasteiger partial charge on any atom is 0.0473 e. The van der Waals surface area contributed by atoms with Gasteiger partial charge in [0.15, 0.2) is 0 Å². The second kappa shape index (κ2) is 7.10. The molecule has 2 aromatic rings. The molecule has 1 aromatic carbocycles. The Morgan fingerprint density at radius 2 is 1.89 bits per heavy atom. The highest BCUT2D eigenvalue weighted by Crippen LogP contribution is 2.11. The second-order valence-corrected chi connectivity index (χ2v) is 6.52. The average Bonchev–Trinajstić information content (AvgIpc) is 2.79. The zero-order chi connectivity index (χ0) is 13.7. The van der Waals surface area contributed by atoms with Crippen LogP contribution in [0, 0.1) is 9.49 Å². The van der Waals surface area contributed by atoms with Crippen LogP contribution < -0.4 is 5.32 Å². The van der Waals surface area contributed by atoms with Gasteiger partial charge >= 0.3 is 0 Å². The van der Waals surface area contributed by atoms with Gasteiger partial charge in [-0.25, -0.2) is 0 Å². The SMILES string of the molecule is CC(C)CNCc1cccn1Cc1ccc(I)cc1. The van der Waals surface area contributed by atoms with E-state index < -0.39 is 0 Å². The van der Waals surface area contributed by atoms with Crippen LogP contribution in [-0.4, -0.2) is 11.1 Å². The van der Waals surface area contributed by atoms with E-state index in [4.69, 9.17) is 0 Å². The highest BCUT2D eigenvalue weighted by molar-refractivity contribution is 14.1. The summed E-state index contributed by atoms with van der Waals surface area (Å²) in [6.45, 7) is 7.42. The Kier molecular flexibility index (Phi) is 5.45. The Labute approximate surface area is 129 Å². The van der Waals surface area contributed by atoms with Gasteiger partial charge < -0.3 is 9.88 Å². The van der Waals surface area contributed by atoms with Gasteiger partial charge in [0.05, 0.1) is 0 Å². The molecule has 0 spiro atoms. The number of nitrogens with one attached hydrogen (secondary N) is 1. The number of hydrogen-bond donors (Lipinski definition) is 1. The van der Waals surface area contributed by atoms with E-state index in [0.717, 1.165) is 19.6 Å². The Morgan fingerprint density at radius 1 is 1.16 bits per heavy atom. The van der Waals surface area contributed by atoms with Crippen molar-refractivity contribution in [3.8, 4) is 0 Å². The Balaban J connectivity index is 1.97. The molecule has 102 valence electrons. The molecule has 0 saturated heterocycles. The number of benzene rings is 1. The summed E-state index contributed by atoms with van der Waals surface area (Å²) in [6, 6.07) is 13.0. The number of halogens is 1. The third kappa shape index (κ3) is 4.66. The summed E-state index contributed by atoms with van der Waals surface area (Å²) < 4.78 is 3.60. The van der Waals surface area contributed by atoms with E-state index in [2.05, 4.69) is 88.9 Å². The van der Waals surface area contributed by atoms with Gasteiger partial charge in [-0.2, -0.15) is 0 Å². The van der Waals surface area contributed by atoms with Crippen LogP contribution in [0.1, 0.15) is 25.1 Å². The molecular formula is C16H21IN2. The minimum Gasteiger partial charge on any atom is -0.346 e. The predicted octanol–water partition coefficient (Wildman–Crippen LogP) is 3.89. The molecule has 2 nitrogen and oxygen atoms in total. The van der Waals surface area contributed by atoms with Gasteiger partial charge in [-0.1, -0.05) is 26.0 Å². The van der Waals surface area contributed by atoms with E-state index in [-0.39, 0.29) is 0 Å². The van der Waals surface area contributed by atoms with Crippen molar-refractivity contribution in [1.29, 1.82) is 0 Å². The lowest BCUT2D eigenvalue weighted by Crippen LogP contribution is -2.20. The van der Waals surface area contributed by atoms with Gasteiger partial charge in [-0.05, 0) is 64.9 Å². The highest BCUT2D eigenvalue weighted by Gasteiger charge is 2.02. The third-order valence-electron chi connectivity index (χ3n) is 3.05. The van der Waals surface area contributed by atoms with Crippen molar-refractivity contribution >= 4 is 22.6 Å².